The summed E-state index contributed by atoms with van der Waals surface area (Å²) in [5.41, 5.74) is 3.73. The third-order valence-electron chi connectivity index (χ3n) is 7.11. The van der Waals surface area contributed by atoms with E-state index in [0.29, 0.717) is 33.2 Å². The minimum absolute atomic E-state index is 0.0226. The minimum Gasteiger partial charge on any atom is -0.325 e. The van der Waals surface area contributed by atoms with Gasteiger partial charge in [0.05, 0.1) is 21.4 Å². The molecule has 1 unspecified atom stereocenters. The first-order chi connectivity index (χ1) is 20.5. The molecule has 4 aromatic rings. The highest BCUT2D eigenvalue weighted by molar-refractivity contribution is 7.99. The zero-order valence-electron chi connectivity index (χ0n) is 25.1. The average molecular weight is 640 g/mol. The van der Waals surface area contributed by atoms with Crippen LogP contribution in [0.1, 0.15) is 57.2 Å². The molecule has 0 radical (unpaired) electrons. The van der Waals surface area contributed by atoms with E-state index in [9.17, 15) is 13.2 Å². The highest BCUT2D eigenvalue weighted by Crippen LogP contribution is 2.32. The van der Waals surface area contributed by atoms with Crippen molar-refractivity contribution < 1.29 is 13.2 Å². The molecule has 0 aliphatic carbocycles. The van der Waals surface area contributed by atoms with E-state index in [2.05, 4.69) is 41.0 Å². The summed E-state index contributed by atoms with van der Waals surface area (Å²) in [6.07, 6.45) is 2.99. The summed E-state index contributed by atoms with van der Waals surface area (Å²) in [5, 5.41) is 12.9. The van der Waals surface area contributed by atoms with Crippen LogP contribution in [0.5, 0.6) is 0 Å². The molecule has 1 heterocycles. The number of nitrogens with zero attached hydrogens (tertiary/aromatic N) is 3. The van der Waals surface area contributed by atoms with Crippen molar-refractivity contribution >= 4 is 50.7 Å². The van der Waals surface area contributed by atoms with Gasteiger partial charge in [-0.15, -0.1) is 10.2 Å². The van der Waals surface area contributed by atoms with Gasteiger partial charge in [-0.1, -0.05) is 92.5 Å². The molecule has 0 saturated heterocycles. The first kappa shape index (κ1) is 32.6. The van der Waals surface area contributed by atoms with Gasteiger partial charge in [-0.05, 0) is 68.5 Å². The van der Waals surface area contributed by atoms with Crippen LogP contribution in [0.2, 0.25) is 5.02 Å². The molecule has 1 amide bonds. The van der Waals surface area contributed by atoms with Gasteiger partial charge in [0, 0.05) is 17.3 Å². The second-order valence-electron chi connectivity index (χ2n) is 11.1. The van der Waals surface area contributed by atoms with Crippen LogP contribution in [-0.4, -0.2) is 34.8 Å². The second kappa shape index (κ2) is 14.4. The van der Waals surface area contributed by atoms with Crippen LogP contribution in [-0.2, 0) is 14.8 Å². The molecule has 8 nitrogen and oxygen atoms in total. The lowest BCUT2D eigenvalue weighted by molar-refractivity contribution is -0.113. The van der Waals surface area contributed by atoms with Gasteiger partial charge in [-0.3, -0.25) is 14.1 Å². The van der Waals surface area contributed by atoms with Crippen molar-refractivity contribution in [2.24, 2.45) is 5.92 Å². The minimum atomic E-state index is -3.92. The van der Waals surface area contributed by atoms with Gasteiger partial charge in [0.25, 0.3) is 10.0 Å². The fourth-order valence-corrected chi connectivity index (χ4v) is 6.99. The van der Waals surface area contributed by atoms with Gasteiger partial charge in [-0.2, -0.15) is 0 Å². The molecule has 43 heavy (non-hydrogen) atoms. The number of hydrogen-bond donors (Lipinski definition) is 2. The Morgan fingerprint density at radius 3 is 2.35 bits per heavy atom. The number of sulfonamides is 1. The topological polar surface area (TPSA) is 106 Å². The molecule has 1 atom stereocenters. The summed E-state index contributed by atoms with van der Waals surface area (Å²) in [7, 11) is -3.92. The number of nitrogens with one attached hydrogen (secondary N) is 2. The Labute approximate surface area is 263 Å². The van der Waals surface area contributed by atoms with E-state index in [1.54, 1.807) is 36.4 Å². The standard InChI is InChI=1S/C32H38ClN5O3S2/c1-21(2)11-8-14-24(5)38-31(35-36-32(38)42-20-29(39)34-30-22(3)12-9-13-23(30)4)25-15-10-16-26(19-25)43(40,41)37-28-18-7-6-17-27(28)33/h6-7,9-10,12-13,15-19,21,24,37H,8,11,14,20H2,1-5H3,(H,34,39). The van der Waals surface area contributed by atoms with E-state index in [1.807, 2.05) is 42.7 Å². The Balaban J connectivity index is 1.61. The number of para-hydroxylation sites is 2. The maximum absolute atomic E-state index is 13.3. The summed E-state index contributed by atoms with van der Waals surface area (Å²) in [6, 6.07) is 19.2. The van der Waals surface area contributed by atoms with Gasteiger partial charge in [0.1, 0.15) is 0 Å². The zero-order valence-corrected chi connectivity index (χ0v) is 27.5. The van der Waals surface area contributed by atoms with Gasteiger partial charge in [0.2, 0.25) is 5.91 Å². The van der Waals surface area contributed by atoms with Crippen LogP contribution in [0.4, 0.5) is 11.4 Å². The number of carbonyl (C=O) groups excluding carboxylic acids is 1. The summed E-state index contributed by atoms with van der Waals surface area (Å²) >= 11 is 7.51. The zero-order chi connectivity index (χ0) is 31.1. The summed E-state index contributed by atoms with van der Waals surface area (Å²) < 4.78 is 31.2. The molecule has 3 aromatic carbocycles. The molecule has 0 saturated carbocycles. The van der Waals surface area contributed by atoms with Gasteiger partial charge in [-0.25, -0.2) is 8.42 Å². The number of carbonyl (C=O) groups is 1. The van der Waals surface area contributed by atoms with E-state index in [0.717, 1.165) is 36.1 Å². The Hall–Kier alpha value is -3.34. The summed E-state index contributed by atoms with van der Waals surface area (Å²) in [4.78, 5) is 13.0. The molecule has 228 valence electrons. The number of aromatic nitrogens is 3. The van der Waals surface area contributed by atoms with Crippen LogP contribution < -0.4 is 10.0 Å². The largest absolute Gasteiger partial charge is 0.325 e. The van der Waals surface area contributed by atoms with Crippen molar-refractivity contribution in [3.63, 3.8) is 0 Å². The number of hydrogen-bond acceptors (Lipinski definition) is 6. The lowest BCUT2D eigenvalue weighted by Gasteiger charge is -2.19. The maximum Gasteiger partial charge on any atom is 0.261 e. The smallest absolute Gasteiger partial charge is 0.261 e. The molecule has 0 fully saturated rings. The van der Waals surface area contributed by atoms with Crippen LogP contribution in [0.3, 0.4) is 0 Å². The quantitative estimate of drug-likeness (QED) is 0.143. The van der Waals surface area contributed by atoms with Gasteiger partial charge in [0.15, 0.2) is 11.0 Å². The highest BCUT2D eigenvalue weighted by Gasteiger charge is 2.23. The molecule has 1 aromatic heterocycles. The Kier molecular flexibility index (Phi) is 10.9. The first-order valence-electron chi connectivity index (χ1n) is 14.3. The van der Waals surface area contributed by atoms with Crippen LogP contribution >= 0.6 is 23.4 Å². The van der Waals surface area contributed by atoms with Crippen molar-refractivity contribution in [1.29, 1.82) is 0 Å². The summed E-state index contributed by atoms with van der Waals surface area (Å²) in [6.45, 7) is 10.4. The van der Waals surface area contributed by atoms with E-state index in [-0.39, 0.29) is 22.6 Å². The normalized spacial score (nSPS) is 12.3. The lowest BCUT2D eigenvalue weighted by Crippen LogP contribution is -2.17. The monoisotopic (exact) mass is 639 g/mol. The van der Waals surface area contributed by atoms with Crippen LogP contribution in [0, 0.1) is 19.8 Å². The van der Waals surface area contributed by atoms with Gasteiger partial charge >= 0.3 is 0 Å². The van der Waals surface area contributed by atoms with Crippen molar-refractivity contribution in [1.82, 2.24) is 14.8 Å². The molecule has 4 rings (SSSR count). The first-order valence-corrected chi connectivity index (χ1v) is 17.1. The molecular formula is C32H38ClN5O3S2. The van der Waals surface area contributed by atoms with E-state index in [1.165, 1.54) is 17.8 Å². The van der Waals surface area contributed by atoms with Crippen molar-refractivity contribution in [2.45, 2.75) is 70.0 Å². The number of anilines is 2. The van der Waals surface area contributed by atoms with E-state index < -0.39 is 10.0 Å². The molecule has 0 aliphatic rings. The summed E-state index contributed by atoms with van der Waals surface area (Å²) in [5.74, 6) is 1.15. The molecule has 11 heteroatoms. The number of amides is 1. The number of rotatable bonds is 13. The lowest BCUT2D eigenvalue weighted by atomic mass is 10.0. The Morgan fingerprint density at radius 2 is 1.65 bits per heavy atom. The number of benzene rings is 3. The number of aryl methyl sites for hydroxylation is 2. The fourth-order valence-electron chi connectivity index (χ4n) is 4.79. The second-order valence-corrected chi connectivity index (χ2v) is 14.1. The Bertz CT molecular complexity index is 1670. The number of halogens is 1. The highest BCUT2D eigenvalue weighted by atomic mass is 35.5. The fraction of sp³-hybridized carbons (Fsp3) is 0.344. The molecule has 0 aliphatic heterocycles. The molecule has 0 bridgehead atoms. The van der Waals surface area contributed by atoms with E-state index >= 15 is 0 Å². The SMILES string of the molecule is Cc1cccc(C)c1NC(=O)CSc1nnc(-c2cccc(S(=O)(=O)Nc3ccccc3Cl)c2)n1C(C)CCCC(C)C. The third kappa shape index (κ3) is 8.40. The van der Waals surface area contributed by atoms with Crippen LogP contribution in [0.15, 0.2) is 76.8 Å². The average Bonchev–Trinajstić information content (AvgIpc) is 3.39. The van der Waals surface area contributed by atoms with Crippen molar-refractivity contribution in [3.8, 4) is 11.4 Å². The predicted molar refractivity (Wildman–Crippen MR) is 176 cm³/mol. The van der Waals surface area contributed by atoms with Gasteiger partial charge < -0.3 is 5.32 Å². The molecule has 0 spiro atoms. The van der Waals surface area contributed by atoms with E-state index in [4.69, 9.17) is 11.6 Å². The third-order valence-corrected chi connectivity index (χ3v) is 9.74. The van der Waals surface area contributed by atoms with Crippen LogP contribution in [0.25, 0.3) is 11.4 Å². The number of thioether (sulfide) groups is 1. The Morgan fingerprint density at radius 1 is 0.953 bits per heavy atom. The van der Waals surface area contributed by atoms with Crippen molar-refractivity contribution in [2.75, 3.05) is 15.8 Å². The van der Waals surface area contributed by atoms with Crippen molar-refractivity contribution in [3.05, 3.63) is 82.9 Å². The molecule has 2 N–H and O–H groups in total. The predicted octanol–water partition coefficient (Wildman–Crippen LogP) is 8.13. The molecular weight excluding hydrogens is 602 g/mol. The maximum atomic E-state index is 13.3.